The molecule has 1 saturated heterocycles. The number of amides is 4. The Morgan fingerprint density at radius 3 is 2.42 bits per heavy atom. The largest absolute Gasteiger partial charge is 0.336 e. The van der Waals surface area contributed by atoms with Crippen molar-refractivity contribution in [3.05, 3.63) is 59.4 Å². The van der Waals surface area contributed by atoms with Gasteiger partial charge in [0.25, 0.3) is 5.91 Å². The van der Waals surface area contributed by atoms with Crippen molar-refractivity contribution >= 4 is 29.2 Å². The molecule has 0 spiro atoms. The van der Waals surface area contributed by atoms with Gasteiger partial charge in [0.2, 0.25) is 5.91 Å². The number of benzene rings is 2. The van der Waals surface area contributed by atoms with Gasteiger partial charge in [-0.3, -0.25) is 14.5 Å². The zero-order valence-electron chi connectivity index (χ0n) is 16.8. The SMILES string of the molecule is CCCN(CC(=O)Nc1ccc(F)c(F)c1F)C(=O)c1ccc(N2CCNC2=O)cc1. The average molecular weight is 434 g/mol. The number of rotatable bonds is 7. The number of carbonyl (C=O) groups excluding carboxylic acids is 3. The van der Waals surface area contributed by atoms with Crippen LogP contribution < -0.4 is 15.5 Å². The molecule has 1 aliphatic heterocycles. The summed E-state index contributed by atoms with van der Waals surface area (Å²) in [7, 11) is 0. The molecule has 0 atom stereocenters. The van der Waals surface area contributed by atoms with E-state index < -0.39 is 41.5 Å². The van der Waals surface area contributed by atoms with Crippen molar-refractivity contribution in [1.29, 1.82) is 0 Å². The van der Waals surface area contributed by atoms with E-state index in [2.05, 4.69) is 10.6 Å². The van der Waals surface area contributed by atoms with Crippen molar-refractivity contribution in [3.8, 4) is 0 Å². The quantitative estimate of drug-likeness (QED) is 0.657. The number of nitrogens with zero attached hydrogens (tertiary/aromatic N) is 2. The predicted molar refractivity (Wildman–Crippen MR) is 108 cm³/mol. The second-order valence-electron chi connectivity index (χ2n) is 6.93. The number of hydrogen-bond acceptors (Lipinski definition) is 3. The van der Waals surface area contributed by atoms with Gasteiger partial charge in [0, 0.05) is 30.9 Å². The Bertz CT molecular complexity index is 998. The lowest BCUT2D eigenvalue weighted by atomic mass is 10.1. The molecule has 164 valence electrons. The highest BCUT2D eigenvalue weighted by Gasteiger charge is 2.23. The number of carbonyl (C=O) groups is 3. The summed E-state index contributed by atoms with van der Waals surface area (Å²) in [5.41, 5.74) is 0.435. The monoisotopic (exact) mass is 434 g/mol. The van der Waals surface area contributed by atoms with Crippen LogP contribution in [-0.2, 0) is 4.79 Å². The first kappa shape index (κ1) is 22.1. The van der Waals surface area contributed by atoms with Crippen molar-refractivity contribution in [2.45, 2.75) is 13.3 Å². The Hall–Kier alpha value is -3.56. The van der Waals surface area contributed by atoms with Gasteiger partial charge in [-0.2, -0.15) is 0 Å². The minimum Gasteiger partial charge on any atom is -0.336 e. The van der Waals surface area contributed by atoms with Crippen molar-refractivity contribution in [1.82, 2.24) is 10.2 Å². The molecular weight excluding hydrogens is 413 g/mol. The smallest absolute Gasteiger partial charge is 0.321 e. The Kier molecular flexibility index (Phi) is 6.78. The van der Waals surface area contributed by atoms with Gasteiger partial charge in [0.1, 0.15) is 6.54 Å². The van der Waals surface area contributed by atoms with Gasteiger partial charge in [-0.1, -0.05) is 6.92 Å². The first-order valence-electron chi connectivity index (χ1n) is 9.70. The van der Waals surface area contributed by atoms with Gasteiger partial charge in [-0.25, -0.2) is 18.0 Å². The third-order valence-electron chi connectivity index (χ3n) is 4.71. The number of halogens is 3. The highest BCUT2D eigenvalue weighted by Crippen LogP contribution is 2.20. The fourth-order valence-electron chi connectivity index (χ4n) is 3.19. The van der Waals surface area contributed by atoms with Gasteiger partial charge in [0.15, 0.2) is 17.5 Å². The number of hydrogen-bond donors (Lipinski definition) is 2. The second-order valence-corrected chi connectivity index (χ2v) is 6.93. The molecule has 2 aromatic carbocycles. The van der Waals surface area contributed by atoms with Crippen LogP contribution in [0.4, 0.5) is 29.3 Å². The van der Waals surface area contributed by atoms with Gasteiger partial charge in [-0.05, 0) is 42.8 Å². The minimum absolute atomic E-state index is 0.215. The van der Waals surface area contributed by atoms with E-state index in [1.807, 2.05) is 6.92 Å². The molecule has 0 radical (unpaired) electrons. The van der Waals surface area contributed by atoms with E-state index >= 15 is 0 Å². The third-order valence-corrected chi connectivity index (χ3v) is 4.71. The summed E-state index contributed by atoms with van der Waals surface area (Å²) in [5, 5.41) is 4.85. The lowest BCUT2D eigenvalue weighted by molar-refractivity contribution is -0.116. The molecule has 1 heterocycles. The molecule has 31 heavy (non-hydrogen) atoms. The molecule has 0 aliphatic carbocycles. The van der Waals surface area contributed by atoms with E-state index in [0.29, 0.717) is 36.8 Å². The van der Waals surface area contributed by atoms with Crippen LogP contribution >= 0.6 is 0 Å². The van der Waals surface area contributed by atoms with Crippen LogP contribution in [-0.4, -0.2) is 48.9 Å². The van der Waals surface area contributed by atoms with Crippen molar-refractivity contribution < 1.29 is 27.6 Å². The lowest BCUT2D eigenvalue weighted by Crippen LogP contribution is -2.38. The Morgan fingerprint density at radius 1 is 1.10 bits per heavy atom. The third kappa shape index (κ3) is 4.96. The summed E-state index contributed by atoms with van der Waals surface area (Å²) in [6.45, 7) is 2.73. The van der Waals surface area contributed by atoms with Crippen LogP contribution in [0.3, 0.4) is 0 Å². The maximum atomic E-state index is 13.8. The molecule has 4 amide bonds. The maximum Gasteiger partial charge on any atom is 0.321 e. The van der Waals surface area contributed by atoms with E-state index in [0.717, 1.165) is 6.07 Å². The van der Waals surface area contributed by atoms with Crippen LogP contribution in [0.25, 0.3) is 0 Å². The molecule has 10 heteroatoms. The molecule has 2 aromatic rings. The molecule has 3 rings (SSSR count). The summed E-state index contributed by atoms with van der Waals surface area (Å²) in [5.74, 6) is -5.75. The number of nitrogens with one attached hydrogen (secondary N) is 2. The van der Waals surface area contributed by atoms with E-state index in [9.17, 15) is 27.6 Å². The van der Waals surface area contributed by atoms with E-state index in [-0.39, 0.29) is 12.6 Å². The Morgan fingerprint density at radius 2 is 1.81 bits per heavy atom. The molecule has 1 aliphatic rings. The fraction of sp³-hybridized carbons (Fsp3) is 0.286. The zero-order chi connectivity index (χ0) is 22.5. The minimum atomic E-state index is -1.69. The standard InChI is InChI=1S/C21H21F3N4O3/c1-2-10-27(12-17(29)26-16-8-7-15(22)18(23)19(16)24)20(30)13-3-5-14(6-4-13)28-11-9-25-21(28)31/h3-8H,2,9-12H2,1H3,(H,25,31)(H,26,29). The summed E-state index contributed by atoms with van der Waals surface area (Å²) < 4.78 is 40.2. The summed E-state index contributed by atoms with van der Waals surface area (Å²) in [4.78, 5) is 39.7. The van der Waals surface area contributed by atoms with Gasteiger partial charge >= 0.3 is 6.03 Å². The second kappa shape index (κ2) is 9.50. The Labute approximate surface area is 176 Å². The number of anilines is 2. The van der Waals surface area contributed by atoms with Crippen molar-refractivity contribution in [2.75, 3.05) is 36.4 Å². The summed E-state index contributed by atoms with van der Waals surface area (Å²) >= 11 is 0. The molecule has 1 fully saturated rings. The van der Waals surface area contributed by atoms with Gasteiger partial charge in [-0.15, -0.1) is 0 Å². The highest BCUT2D eigenvalue weighted by molar-refractivity contribution is 6.00. The van der Waals surface area contributed by atoms with Crippen LogP contribution in [0.5, 0.6) is 0 Å². The number of urea groups is 1. The van der Waals surface area contributed by atoms with Gasteiger partial charge < -0.3 is 15.5 Å². The summed E-state index contributed by atoms with van der Waals surface area (Å²) in [6.07, 6.45) is 0.560. The topological polar surface area (TPSA) is 81.8 Å². The molecule has 2 N–H and O–H groups in total. The van der Waals surface area contributed by atoms with Crippen LogP contribution in [0.2, 0.25) is 0 Å². The summed E-state index contributed by atoms with van der Waals surface area (Å²) in [6, 6.07) is 7.78. The molecule has 0 aromatic heterocycles. The average Bonchev–Trinajstić information content (AvgIpc) is 3.19. The first-order chi connectivity index (χ1) is 14.8. The Balaban J connectivity index is 1.69. The molecule has 0 saturated carbocycles. The molecule has 0 bridgehead atoms. The van der Waals surface area contributed by atoms with E-state index in [4.69, 9.17) is 0 Å². The molecular formula is C21H21F3N4O3. The van der Waals surface area contributed by atoms with E-state index in [1.165, 1.54) is 4.90 Å². The predicted octanol–water partition coefficient (Wildman–Crippen LogP) is 3.12. The normalized spacial score (nSPS) is 13.2. The van der Waals surface area contributed by atoms with Crippen molar-refractivity contribution in [3.63, 3.8) is 0 Å². The van der Waals surface area contributed by atoms with Crippen LogP contribution in [0.1, 0.15) is 23.7 Å². The lowest BCUT2D eigenvalue weighted by Gasteiger charge is -2.22. The molecule has 7 nitrogen and oxygen atoms in total. The van der Waals surface area contributed by atoms with Gasteiger partial charge in [0.05, 0.1) is 5.69 Å². The fourth-order valence-corrected chi connectivity index (χ4v) is 3.19. The zero-order valence-corrected chi connectivity index (χ0v) is 16.8. The van der Waals surface area contributed by atoms with E-state index in [1.54, 1.807) is 29.2 Å². The highest BCUT2D eigenvalue weighted by atomic mass is 19.2. The van der Waals surface area contributed by atoms with Crippen LogP contribution in [0, 0.1) is 17.5 Å². The maximum absolute atomic E-state index is 13.8. The first-order valence-corrected chi connectivity index (χ1v) is 9.70. The molecule has 0 unspecified atom stereocenters. The van der Waals surface area contributed by atoms with Crippen LogP contribution in [0.15, 0.2) is 36.4 Å². The van der Waals surface area contributed by atoms with Crippen molar-refractivity contribution in [2.24, 2.45) is 0 Å².